The summed E-state index contributed by atoms with van der Waals surface area (Å²) in [6, 6.07) is 2.88. The van der Waals surface area contributed by atoms with Crippen molar-refractivity contribution < 1.29 is 18.3 Å². The summed E-state index contributed by atoms with van der Waals surface area (Å²) in [5, 5.41) is 3.96. The van der Waals surface area contributed by atoms with Crippen LogP contribution in [0.5, 0.6) is 0 Å². The maximum atomic E-state index is 14.0. The molecule has 11 heteroatoms. The van der Waals surface area contributed by atoms with Gasteiger partial charge in [0, 0.05) is 59.6 Å². The van der Waals surface area contributed by atoms with Crippen LogP contribution in [0.2, 0.25) is 0 Å². The van der Waals surface area contributed by atoms with Crippen molar-refractivity contribution in [2.45, 2.75) is 33.2 Å². The second kappa shape index (κ2) is 8.85. The van der Waals surface area contributed by atoms with Crippen molar-refractivity contribution in [1.82, 2.24) is 18.9 Å². The summed E-state index contributed by atoms with van der Waals surface area (Å²) in [5.74, 6) is 0.0783. The first-order chi connectivity index (χ1) is 15.2. The van der Waals surface area contributed by atoms with E-state index in [0.717, 1.165) is 0 Å². The Kier molecular flexibility index (Phi) is 6.30. The van der Waals surface area contributed by atoms with Gasteiger partial charge < -0.3 is 14.5 Å². The predicted octanol–water partition coefficient (Wildman–Crippen LogP) is 5.61. The van der Waals surface area contributed by atoms with Crippen molar-refractivity contribution in [3.05, 3.63) is 36.6 Å². The van der Waals surface area contributed by atoms with E-state index in [1.165, 1.54) is 34.8 Å². The fourth-order valence-corrected chi connectivity index (χ4v) is 4.61. The van der Waals surface area contributed by atoms with Crippen molar-refractivity contribution >= 4 is 64.2 Å². The number of esters is 1. The molecule has 0 aromatic carbocycles. The number of nitrogens with zero attached hydrogens (tertiary/aromatic N) is 4. The number of aromatic nitrogens is 4. The number of nitrogens with one attached hydrogen (secondary N) is 1. The van der Waals surface area contributed by atoms with Crippen molar-refractivity contribution in [2.75, 3.05) is 12.4 Å². The molecule has 1 unspecified atom stereocenters. The zero-order chi connectivity index (χ0) is 23.0. The molecule has 1 atom stereocenters. The van der Waals surface area contributed by atoms with E-state index in [9.17, 15) is 9.18 Å². The number of anilines is 1. The summed E-state index contributed by atoms with van der Waals surface area (Å²) in [6.45, 7) is 6.07. The van der Waals surface area contributed by atoms with Crippen LogP contribution in [0, 0.1) is 11.2 Å². The number of rotatable bonds is 6. The summed E-state index contributed by atoms with van der Waals surface area (Å²) < 4.78 is 26.3. The Balaban J connectivity index is 1.85. The Morgan fingerprint density at radius 2 is 2.19 bits per heavy atom. The van der Waals surface area contributed by atoms with Gasteiger partial charge in [0.05, 0.1) is 26.0 Å². The van der Waals surface area contributed by atoms with E-state index < -0.39 is 5.82 Å². The molecular weight excluding hydrogens is 548 g/mol. The molecule has 0 spiro atoms. The second-order valence-corrected chi connectivity index (χ2v) is 10.0. The Morgan fingerprint density at radius 1 is 1.41 bits per heavy atom. The molecule has 4 rings (SSSR count). The van der Waals surface area contributed by atoms with Gasteiger partial charge in [0.15, 0.2) is 22.9 Å². The van der Waals surface area contributed by atoms with Crippen LogP contribution in [-0.2, 0) is 9.53 Å². The Bertz CT molecular complexity index is 1300. The van der Waals surface area contributed by atoms with Gasteiger partial charge in [-0.1, -0.05) is 20.8 Å². The topological polar surface area (TPSA) is 95.1 Å². The van der Waals surface area contributed by atoms with Crippen LogP contribution >= 0.6 is 30.3 Å². The third kappa shape index (κ3) is 4.40. The van der Waals surface area contributed by atoms with Crippen molar-refractivity contribution in [1.29, 1.82) is 0 Å². The first kappa shape index (κ1) is 22.8. The lowest BCUT2D eigenvalue weighted by molar-refractivity contribution is -0.141. The van der Waals surface area contributed by atoms with Gasteiger partial charge in [-0.25, -0.2) is 19.3 Å². The molecule has 8 nitrogen and oxygen atoms in total. The monoisotopic (exact) mass is 569 g/mol. The fourth-order valence-electron chi connectivity index (χ4n) is 3.36. The van der Waals surface area contributed by atoms with Crippen LogP contribution in [0.25, 0.3) is 33.5 Å². The molecule has 0 aliphatic carbocycles. The van der Waals surface area contributed by atoms with Gasteiger partial charge in [-0.15, -0.1) is 0 Å². The molecule has 0 aliphatic rings. The quantitative estimate of drug-likeness (QED) is 0.237. The number of hydrogen-bond donors (Lipinski definition) is 1. The zero-order valence-electron chi connectivity index (χ0n) is 17.8. The molecule has 32 heavy (non-hydrogen) atoms. The van der Waals surface area contributed by atoms with Crippen molar-refractivity contribution in [3.8, 4) is 11.4 Å². The third-order valence-corrected chi connectivity index (χ3v) is 6.85. The molecule has 0 saturated heterocycles. The minimum absolute atomic E-state index is 0.154. The highest BCUT2D eigenvalue weighted by molar-refractivity contribution is 14.2. The normalized spacial score (nSPS) is 12.9. The van der Waals surface area contributed by atoms with E-state index in [1.807, 2.05) is 30.9 Å². The van der Waals surface area contributed by atoms with E-state index in [1.54, 1.807) is 6.07 Å². The van der Waals surface area contributed by atoms with Crippen LogP contribution in [0.1, 0.15) is 27.2 Å². The molecule has 4 aromatic rings. The Labute approximate surface area is 200 Å². The van der Waals surface area contributed by atoms with E-state index in [4.69, 9.17) is 14.1 Å². The standard InChI is InChI=1S/C21H21FIN5O3S/c1-21(2,3)15(8-16(29)30-4)26-19-17-14(5-6-31-17)25-18(27-19)13-10-28(32-23)20-12(13)7-11(22)9-24-20/h5-7,9-10,15H,8H2,1-4H3,(H,25,26,27). The summed E-state index contributed by atoms with van der Waals surface area (Å²) in [4.78, 5) is 25.6. The maximum Gasteiger partial charge on any atom is 0.307 e. The first-order valence-electron chi connectivity index (χ1n) is 9.76. The van der Waals surface area contributed by atoms with Gasteiger partial charge in [-0.2, -0.15) is 0 Å². The third-order valence-electron chi connectivity index (χ3n) is 5.15. The van der Waals surface area contributed by atoms with Crippen LogP contribution < -0.4 is 5.32 Å². The van der Waals surface area contributed by atoms with Gasteiger partial charge in [-0.3, -0.25) is 8.77 Å². The van der Waals surface area contributed by atoms with Gasteiger partial charge in [0.1, 0.15) is 11.3 Å². The summed E-state index contributed by atoms with van der Waals surface area (Å²) in [5.41, 5.74) is 2.05. The molecule has 0 aliphatic heterocycles. The molecular formula is C21H21FIN5O3S. The zero-order valence-corrected chi connectivity index (χ0v) is 20.8. The highest BCUT2D eigenvalue weighted by Crippen LogP contribution is 2.35. The number of carbonyl (C=O) groups is 1. The number of carbonyl (C=O) groups excluding carboxylic acids is 1. The molecule has 0 amide bonds. The van der Waals surface area contributed by atoms with E-state index >= 15 is 0 Å². The molecule has 0 fully saturated rings. The first-order valence-corrected chi connectivity index (χ1v) is 13.1. The van der Waals surface area contributed by atoms with Crippen molar-refractivity contribution in [2.24, 2.45) is 5.41 Å². The van der Waals surface area contributed by atoms with Crippen molar-refractivity contribution in [3.63, 3.8) is 0 Å². The highest BCUT2D eigenvalue weighted by atomic mass is 127. The highest BCUT2D eigenvalue weighted by Gasteiger charge is 2.29. The summed E-state index contributed by atoms with van der Waals surface area (Å²) >= 11 is 2.14. The lowest BCUT2D eigenvalue weighted by Crippen LogP contribution is -2.36. The number of halogens is 2. The summed E-state index contributed by atoms with van der Waals surface area (Å²) in [6.07, 6.45) is 4.70. The number of fused-ring (bicyclic) bond motifs is 2. The smallest absolute Gasteiger partial charge is 0.307 e. The molecule has 1 N–H and O–H groups in total. The second-order valence-electron chi connectivity index (χ2n) is 8.34. The van der Waals surface area contributed by atoms with Gasteiger partial charge in [0.2, 0.25) is 0 Å². The van der Waals surface area contributed by atoms with E-state index in [2.05, 4.69) is 36.5 Å². The lowest BCUT2D eigenvalue weighted by atomic mass is 9.84. The fraction of sp³-hybridized carbons (Fsp3) is 0.333. The molecule has 4 heterocycles. The summed E-state index contributed by atoms with van der Waals surface area (Å²) in [7, 11) is 2.78. The maximum absolute atomic E-state index is 14.0. The van der Waals surface area contributed by atoms with Gasteiger partial charge in [-0.05, 0) is 11.5 Å². The van der Waals surface area contributed by atoms with Gasteiger partial charge >= 0.3 is 5.97 Å². The van der Waals surface area contributed by atoms with Crippen LogP contribution in [0.3, 0.4) is 0 Å². The van der Waals surface area contributed by atoms with Crippen LogP contribution in [0.4, 0.5) is 10.2 Å². The molecule has 0 saturated carbocycles. The minimum Gasteiger partial charge on any atom is -0.469 e. The Morgan fingerprint density at radius 3 is 2.88 bits per heavy atom. The minimum atomic E-state index is -0.441. The number of methoxy groups -OCH3 is 1. The molecule has 168 valence electrons. The SMILES string of the molecule is COC(=O)CC(Nc1nc(-c2cn(SI)c3ncc(F)cc23)nc2ccoc12)C(C)(C)C. The average molecular weight is 569 g/mol. The number of pyridine rings is 1. The predicted molar refractivity (Wildman–Crippen MR) is 131 cm³/mol. The number of hydrogen-bond acceptors (Lipinski definition) is 8. The van der Waals surface area contributed by atoms with Gasteiger partial charge in [0.25, 0.3) is 0 Å². The average Bonchev–Trinajstić information content (AvgIpc) is 3.36. The van der Waals surface area contributed by atoms with E-state index in [-0.39, 0.29) is 23.8 Å². The lowest BCUT2D eigenvalue weighted by Gasteiger charge is -2.31. The molecule has 0 radical (unpaired) electrons. The number of furan rings is 1. The number of ether oxygens (including phenoxy) is 1. The Hall–Kier alpha value is -2.41. The van der Waals surface area contributed by atoms with E-state index in [0.29, 0.717) is 39.3 Å². The van der Waals surface area contributed by atoms with Crippen LogP contribution in [-0.4, -0.2) is 38.0 Å². The molecule has 4 aromatic heterocycles. The largest absolute Gasteiger partial charge is 0.469 e. The van der Waals surface area contributed by atoms with Crippen LogP contribution in [0.15, 0.2) is 35.2 Å². The molecule has 0 bridgehead atoms.